The van der Waals surface area contributed by atoms with Gasteiger partial charge in [-0.1, -0.05) is 64.1 Å². The fourth-order valence-electron chi connectivity index (χ4n) is 7.56. The molecule has 312 valence electrons. The monoisotopic (exact) mass is 817 g/mol. The lowest BCUT2D eigenvalue weighted by molar-refractivity contribution is -0.143. The Morgan fingerprint density at radius 3 is 2.29 bits per heavy atom. The van der Waals surface area contributed by atoms with Crippen LogP contribution >= 0.6 is 0 Å². The summed E-state index contributed by atoms with van der Waals surface area (Å²) in [7, 11) is -2.46. The molecule has 3 N–H and O–H groups in total. The molecule has 0 bridgehead atoms. The predicted octanol–water partition coefficient (Wildman–Crippen LogP) is 5.65. The molecule has 0 spiro atoms. The zero-order chi connectivity index (χ0) is 42.4. The van der Waals surface area contributed by atoms with Crippen LogP contribution in [-0.4, -0.2) is 89.8 Å². The number of alkyl carbamates (subject to hydrolysis) is 1. The third-order valence-electron chi connectivity index (χ3n) is 11.3. The second kappa shape index (κ2) is 15.5. The summed E-state index contributed by atoms with van der Waals surface area (Å²) in [4.78, 5) is 62.5. The van der Waals surface area contributed by atoms with E-state index in [0.717, 1.165) is 5.56 Å². The molecule has 58 heavy (non-hydrogen) atoms. The van der Waals surface area contributed by atoms with Crippen molar-refractivity contribution >= 4 is 44.7 Å². The van der Waals surface area contributed by atoms with Crippen molar-refractivity contribution in [3.63, 3.8) is 0 Å². The Bertz CT molecular complexity index is 2210. The number of fused-ring (bicyclic) bond motifs is 1. The van der Waals surface area contributed by atoms with Gasteiger partial charge in [-0.2, -0.15) is 0 Å². The first-order valence-corrected chi connectivity index (χ1v) is 21.2. The van der Waals surface area contributed by atoms with Gasteiger partial charge in [0.05, 0.1) is 29.6 Å². The zero-order valence-electron chi connectivity index (χ0n) is 34.5. The maximum Gasteiger partial charge on any atom is 0.408 e. The quantitative estimate of drug-likeness (QED) is 0.183. The first kappa shape index (κ1) is 42.4. The second-order valence-corrected chi connectivity index (χ2v) is 19.7. The van der Waals surface area contributed by atoms with Crippen molar-refractivity contribution < 1.29 is 41.8 Å². The van der Waals surface area contributed by atoms with Crippen LogP contribution in [-0.2, 0) is 29.1 Å². The molecule has 1 saturated heterocycles. The van der Waals surface area contributed by atoms with Crippen LogP contribution in [0.5, 0.6) is 11.5 Å². The highest BCUT2D eigenvalue weighted by atomic mass is 32.2. The van der Waals surface area contributed by atoms with E-state index in [1.54, 1.807) is 67.7 Å². The van der Waals surface area contributed by atoms with Gasteiger partial charge >= 0.3 is 6.09 Å². The molecule has 1 aliphatic heterocycles. The van der Waals surface area contributed by atoms with Gasteiger partial charge in [-0.3, -0.25) is 19.1 Å². The Morgan fingerprint density at radius 1 is 1.03 bits per heavy atom. The number of amides is 4. The standard InChI is InChI=1S/C43H55N5O9S/c1-10-27-24-43(27,38(51)47-58(53,54)42(11-2)19-20-42)46-36(49)33-22-29(25-48(33)37(50)35(40(3,4)5)45-39(52)57-41(6,7)8)56-34-23-31(26-15-13-12-14-16-26)44-32-21-28(55-9)17-18-30(32)34/h10,12-18,21,23,27,29,33,35H,1,11,19-20,22,24-25H2,2-9H3,(H,45,52)(H,46,49)(H,47,51)/t27-,29-,33+,35-,43-/m1/s1. The molecule has 3 aliphatic rings. The number of benzene rings is 2. The number of nitrogens with zero attached hydrogens (tertiary/aromatic N) is 2. The number of carbonyl (C=O) groups excluding carboxylic acids is 4. The van der Waals surface area contributed by atoms with Gasteiger partial charge in [0.1, 0.15) is 40.8 Å². The van der Waals surface area contributed by atoms with E-state index in [0.29, 0.717) is 47.4 Å². The Balaban J connectivity index is 1.35. The predicted molar refractivity (Wildman–Crippen MR) is 219 cm³/mol. The number of hydrogen-bond acceptors (Lipinski definition) is 10. The molecule has 2 saturated carbocycles. The lowest BCUT2D eigenvalue weighted by atomic mass is 9.85. The summed E-state index contributed by atoms with van der Waals surface area (Å²) in [5.41, 5.74) is -1.19. The lowest BCUT2D eigenvalue weighted by Crippen LogP contribution is -2.60. The molecule has 15 heteroatoms. The highest BCUT2D eigenvalue weighted by Crippen LogP contribution is 2.48. The summed E-state index contributed by atoms with van der Waals surface area (Å²) >= 11 is 0. The SMILES string of the molecule is C=C[C@@H]1C[C@]1(NC(=O)[C@@H]1C[C@@H](Oc2cc(-c3ccccc3)nc3cc(OC)ccc23)CN1C(=O)[C@@H](NC(=O)OC(C)(C)C)C(C)(C)C)C(=O)NS(=O)(=O)C1(CC)CC1. The van der Waals surface area contributed by atoms with Crippen LogP contribution in [0.25, 0.3) is 22.2 Å². The van der Waals surface area contributed by atoms with Crippen molar-refractivity contribution in [1.82, 2.24) is 25.2 Å². The van der Waals surface area contributed by atoms with Crippen LogP contribution in [0.3, 0.4) is 0 Å². The lowest BCUT2D eigenvalue weighted by Gasteiger charge is -2.36. The highest BCUT2D eigenvalue weighted by Gasteiger charge is 2.63. The van der Waals surface area contributed by atoms with Crippen LogP contribution in [0.15, 0.2) is 67.3 Å². The number of rotatable bonds is 13. The van der Waals surface area contributed by atoms with Crippen molar-refractivity contribution in [3.05, 3.63) is 67.3 Å². The summed E-state index contributed by atoms with van der Waals surface area (Å²) < 4.78 is 45.6. The Kier molecular flexibility index (Phi) is 11.4. The van der Waals surface area contributed by atoms with Crippen molar-refractivity contribution in [2.24, 2.45) is 11.3 Å². The molecule has 0 unspecified atom stereocenters. The zero-order valence-corrected chi connectivity index (χ0v) is 35.3. The first-order valence-electron chi connectivity index (χ1n) is 19.7. The third-order valence-corrected chi connectivity index (χ3v) is 13.6. The van der Waals surface area contributed by atoms with Gasteiger partial charge < -0.3 is 29.7 Å². The van der Waals surface area contributed by atoms with Crippen LogP contribution in [0, 0.1) is 11.3 Å². The number of nitrogens with one attached hydrogen (secondary N) is 3. The molecule has 1 aromatic heterocycles. The number of methoxy groups -OCH3 is 1. The average molecular weight is 818 g/mol. The molecule has 2 aliphatic carbocycles. The van der Waals surface area contributed by atoms with Crippen molar-refractivity contribution in [2.45, 2.75) is 115 Å². The summed E-state index contributed by atoms with van der Waals surface area (Å²) in [6.45, 7) is 16.0. The molecule has 2 aromatic carbocycles. The summed E-state index contributed by atoms with van der Waals surface area (Å²) in [6, 6.07) is 14.5. The fourth-order valence-corrected chi connectivity index (χ4v) is 9.22. The van der Waals surface area contributed by atoms with Gasteiger partial charge in [0, 0.05) is 35.4 Å². The molecule has 4 amide bonds. The van der Waals surface area contributed by atoms with Gasteiger partial charge in [0.25, 0.3) is 5.91 Å². The van der Waals surface area contributed by atoms with Crippen LogP contribution in [0.2, 0.25) is 0 Å². The highest BCUT2D eigenvalue weighted by molar-refractivity contribution is 7.91. The molecular weight excluding hydrogens is 763 g/mol. The normalized spacial score (nSPS) is 23.0. The molecule has 0 radical (unpaired) electrons. The smallest absolute Gasteiger partial charge is 0.408 e. The maximum absolute atomic E-state index is 14.7. The Hall–Kier alpha value is -5.18. The molecule has 2 heterocycles. The van der Waals surface area contributed by atoms with Crippen LogP contribution in [0.4, 0.5) is 4.79 Å². The molecule has 6 rings (SSSR count). The van der Waals surface area contributed by atoms with Gasteiger partial charge in [-0.15, -0.1) is 6.58 Å². The fraction of sp³-hybridized carbons (Fsp3) is 0.512. The van der Waals surface area contributed by atoms with E-state index in [2.05, 4.69) is 21.9 Å². The Labute approximate surface area is 340 Å². The van der Waals surface area contributed by atoms with E-state index in [9.17, 15) is 27.6 Å². The average Bonchev–Trinajstić information content (AvgIpc) is 4.07. The van der Waals surface area contributed by atoms with E-state index in [1.165, 1.54) is 11.0 Å². The number of ether oxygens (including phenoxy) is 3. The number of aromatic nitrogens is 1. The van der Waals surface area contributed by atoms with Crippen molar-refractivity contribution in [2.75, 3.05) is 13.7 Å². The van der Waals surface area contributed by atoms with E-state index in [-0.39, 0.29) is 19.4 Å². The van der Waals surface area contributed by atoms with Gasteiger partial charge in [-0.05, 0) is 64.0 Å². The number of carbonyl (C=O) groups is 4. The molecule has 14 nitrogen and oxygen atoms in total. The largest absolute Gasteiger partial charge is 0.497 e. The minimum atomic E-state index is -4.03. The van der Waals surface area contributed by atoms with Gasteiger partial charge in [0.2, 0.25) is 21.8 Å². The van der Waals surface area contributed by atoms with Gasteiger partial charge in [-0.25, -0.2) is 18.2 Å². The molecular formula is C43H55N5O9S. The van der Waals surface area contributed by atoms with E-state index in [4.69, 9.17) is 19.2 Å². The van der Waals surface area contributed by atoms with E-state index < -0.39 is 79.2 Å². The summed E-state index contributed by atoms with van der Waals surface area (Å²) in [5, 5.41) is 6.25. The third kappa shape index (κ3) is 8.64. The number of sulfonamides is 1. The van der Waals surface area contributed by atoms with Crippen molar-refractivity contribution in [3.8, 4) is 22.8 Å². The molecule has 3 aromatic rings. The minimum absolute atomic E-state index is 0.00914. The molecule has 3 fully saturated rings. The number of hydrogen-bond donors (Lipinski definition) is 3. The topological polar surface area (TPSA) is 182 Å². The Morgan fingerprint density at radius 2 is 1.72 bits per heavy atom. The number of likely N-dealkylation sites (tertiary alicyclic amines) is 1. The van der Waals surface area contributed by atoms with Crippen LogP contribution < -0.4 is 24.8 Å². The minimum Gasteiger partial charge on any atom is -0.497 e. The molecule has 5 atom stereocenters. The van der Waals surface area contributed by atoms with Gasteiger partial charge in [0.15, 0.2) is 0 Å². The second-order valence-electron chi connectivity index (χ2n) is 17.7. The summed E-state index contributed by atoms with van der Waals surface area (Å²) in [6.07, 6.45) is 1.34. The summed E-state index contributed by atoms with van der Waals surface area (Å²) in [5.74, 6) is -1.57. The first-order chi connectivity index (χ1) is 27.2. The van der Waals surface area contributed by atoms with E-state index >= 15 is 0 Å². The maximum atomic E-state index is 14.7. The van der Waals surface area contributed by atoms with Crippen molar-refractivity contribution in [1.29, 1.82) is 0 Å². The number of pyridine rings is 1. The van der Waals surface area contributed by atoms with E-state index in [1.807, 2.05) is 42.5 Å². The van der Waals surface area contributed by atoms with Crippen LogP contribution in [0.1, 0.15) is 80.6 Å².